The SMILES string of the molecule is CCCc1nc(C(C)(C)OC)c(C(=O)O)n1Cc1ccc(-c2ccccc2-c2nn[nH]n2)cc1. The van der Waals surface area contributed by atoms with Crippen LogP contribution in [0.3, 0.4) is 0 Å². The predicted octanol–water partition coefficient (Wildman–Crippen LogP) is 4.31. The van der Waals surface area contributed by atoms with E-state index in [1.165, 1.54) is 0 Å². The van der Waals surface area contributed by atoms with Crippen LogP contribution in [0.4, 0.5) is 0 Å². The molecule has 4 aromatic rings. The van der Waals surface area contributed by atoms with Crippen molar-refractivity contribution >= 4 is 5.97 Å². The summed E-state index contributed by atoms with van der Waals surface area (Å²) in [6, 6.07) is 15.9. The van der Waals surface area contributed by atoms with E-state index in [4.69, 9.17) is 9.72 Å². The van der Waals surface area contributed by atoms with Gasteiger partial charge in [-0.1, -0.05) is 55.5 Å². The summed E-state index contributed by atoms with van der Waals surface area (Å²) in [5.74, 6) is 0.258. The van der Waals surface area contributed by atoms with Gasteiger partial charge in [0, 0.05) is 25.6 Å². The van der Waals surface area contributed by atoms with E-state index in [0.29, 0.717) is 24.5 Å². The summed E-state index contributed by atoms with van der Waals surface area (Å²) in [5, 5.41) is 24.4. The standard InChI is InChI=1S/C25H28N6O3/c1-5-8-20-26-22(25(2,3)34-4)21(24(32)33)31(20)15-16-11-13-17(14-12-16)18-9-6-7-10-19(18)23-27-29-30-28-23/h6-7,9-14H,5,8,15H2,1-4H3,(H,32,33)(H,27,28,29,30). The van der Waals surface area contributed by atoms with E-state index in [9.17, 15) is 9.90 Å². The van der Waals surface area contributed by atoms with E-state index in [-0.39, 0.29) is 5.69 Å². The topological polar surface area (TPSA) is 119 Å². The fourth-order valence-corrected chi connectivity index (χ4v) is 4.00. The van der Waals surface area contributed by atoms with Crippen molar-refractivity contribution in [3.63, 3.8) is 0 Å². The number of aromatic carboxylic acids is 1. The molecule has 2 aromatic carbocycles. The highest BCUT2D eigenvalue weighted by Gasteiger charge is 2.33. The number of nitrogens with zero attached hydrogens (tertiary/aromatic N) is 5. The summed E-state index contributed by atoms with van der Waals surface area (Å²) in [7, 11) is 1.56. The van der Waals surface area contributed by atoms with Crippen molar-refractivity contribution < 1.29 is 14.6 Å². The molecule has 0 aliphatic rings. The van der Waals surface area contributed by atoms with Gasteiger partial charge in [-0.2, -0.15) is 5.21 Å². The Bertz CT molecular complexity index is 1280. The van der Waals surface area contributed by atoms with Gasteiger partial charge < -0.3 is 14.4 Å². The molecular formula is C25H28N6O3. The molecule has 0 unspecified atom stereocenters. The molecule has 0 aliphatic carbocycles. The number of benzene rings is 2. The Labute approximate surface area is 197 Å². The minimum Gasteiger partial charge on any atom is -0.477 e. The van der Waals surface area contributed by atoms with Crippen LogP contribution in [0.15, 0.2) is 48.5 Å². The maximum absolute atomic E-state index is 12.3. The summed E-state index contributed by atoms with van der Waals surface area (Å²) in [4.78, 5) is 17.0. The average Bonchev–Trinajstić information content (AvgIpc) is 3.49. The zero-order valence-electron chi connectivity index (χ0n) is 19.7. The first-order valence-corrected chi connectivity index (χ1v) is 11.2. The number of imidazole rings is 1. The summed E-state index contributed by atoms with van der Waals surface area (Å²) in [6.45, 7) is 6.11. The molecule has 0 amide bonds. The first-order chi connectivity index (χ1) is 16.4. The number of hydrogen-bond acceptors (Lipinski definition) is 6. The maximum Gasteiger partial charge on any atom is 0.354 e. The number of carboxylic acids is 1. The van der Waals surface area contributed by atoms with Crippen molar-refractivity contribution in [2.24, 2.45) is 0 Å². The second-order valence-electron chi connectivity index (χ2n) is 8.56. The lowest BCUT2D eigenvalue weighted by Crippen LogP contribution is -2.24. The monoisotopic (exact) mass is 460 g/mol. The van der Waals surface area contributed by atoms with Crippen LogP contribution in [0, 0.1) is 0 Å². The van der Waals surface area contributed by atoms with Crippen molar-refractivity contribution in [2.45, 2.75) is 45.8 Å². The lowest BCUT2D eigenvalue weighted by Gasteiger charge is -2.21. The van der Waals surface area contributed by atoms with Crippen LogP contribution in [0.25, 0.3) is 22.5 Å². The maximum atomic E-state index is 12.3. The molecule has 9 nitrogen and oxygen atoms in total. The van der Waals surface area contributed by atoms with Gasteiger partial charge in [0.15, 0.2) is 5.69 Å². The van der Waals surface area contributed by atoms with Crippen LogP contribution >= 0.6 is 0 Å². The van der Waals surface area contributed by atoms with Gasteiger partial charge in [-0.3, -0.25) is 0 Å². The first-order valence-electron chi connectivity index (χ1n) is 11.2. The van der Waals surface area contributed by atoms with E-state index in [1.54, 1.807) is 11.7 Å². The lowest BCUT2D eigenvalue weighted by molar-refractivity contribution is 0.0139. The van der Waals surface area contributed by atoms with Crippen molar-refractivity contribution in [2.75, 3.05) is 7.11 Å². The minimum absolute atomic E-state index is 0.168. The zero-order chi connectivity index (χ0) is 24.3. The molecule has 9 heteroatoms. The van der Waals surface area contributed by atoms with E-state index >= 15 is 0 Å². The van der Waals surface area contributed by atoms with E-state index in [0.717, 1.165) is 34.5 Å². The van der Waals surface area contributed by atoms with Crippen LogP contribution in [-0.2, 0) is 23.3 Å². The van der Waals surface area contributed by atoms with Crippen LogP contribution in [0.5, 0.6) is 0 Å². The molecule has 0 fully saturated rings. The number of aromatic amines is 1. The molecule has 2 aromatic heterocycles. The fraction of sp³-hybridized carbons (Fsp3) is 0.320. The van der Waals surface area contributed by atoms with E-state index in [1.807, 2.05) is 62.4 Å². The Morgan fingerprint density at radius 3 is 2.41 bits per heavy atom. The van der Waals surface area contributed by atoms with Crippen molar-refractivity contribution in [1.29, 1.82) is 0 Å². The Kier molecular flexibility index (Phi) is 6.56. The second kappa shape index (κ2) is 9.56. The fourth-order valence-electron chi connectivity index (χ4n) is 4.00. The highest BCUT2D eigenvalue weighted by atomic mass is 16.5. The number of nitrogens with one attached hydrogen (secondary N) is 1. The number of aromatic nitrogens is 6. The Morgan fingerprint density at radius 1 is 1.12 bits per heavy atom. The third-order valence-electron chi connectivity index (χ3n) is 5.92. The molecule has 0 saturated carbocycles. The van der Waals surface area contributed by atoms with Crippen LogP contribution < -0.4 is 0 Å². The van der Waals surface area contributed by atoms with Gasteiger partial charge in [-0.05, 0) is 42.2 Å². The lowest BCUT2D eigenvalue weighted by atomic mass is 9.98. The summed E-state index contributed by atoms with van der Waals surface area (Å²) in [5.41, 5.74) is 3.63. The molecule has 4 rings (SSSR count). The minimum atomic E-state index is -1.01. The molecule has 34 heavy (non-hydrogen) atoms. The molecule has 176 valence electrons. The number of H-pyrrole nitrogens is 1. The van der Waals surface area contributed by atoms with Gasteiger partial charge in [-0.25, -0.2) is 9.78 Å². The summed E-state index contributed by atoms with van der Waals surface area (Å²) < 4.78 is 7.36. The Balaban J connectivity index is 1.71. The van der Waals surface area contributed by atoms with Gasteiger partial charge in [0.2, 0.25) is 5.82 Å². The molecule has 0 spiro atoms. The highest BCUT2D eigenvalue weighted by Crippen LogP contribution is 2.31. The van der Waals surface area contributed by atoms with Crippen LogP contribution in [-0.4, -0.2) is 48.4 Å². The normalized spacial score (nSPS) is 11.6. The van der Waals surface area contributed by atoms with Gasteiger partial charge in [0.05, 0.1) is 0 Å². The number of hydrogen-bond donors (Lipinski definition) is 2. The number of carbonyl (C=O) groups is 1. The van der Waals surface area contributed by atoms with E-state index < -0.39 is 11.6 Å². The number of rotatable bonds is 9. The molecule has 0 saturated heterocycles. The zero-order valence-corrected chi connectivity index (χ0v) is 19.7. The summed E-state index contributed by atoms with van der Waals surface area (Å²) in [6.07, 6.45) is 1.53. The highest BCUT2D eigenvalue weighted by molar-refractivity contribution is 5.87. The Morgan fingerprint density at radius 2 is 1.82 bits per heavy atom. The second-order valence-corrected chi connectivity index (χ2v) is 8.56. The van der Waals surface area contributed by atoms with Crippen molar-refractivity contribution in [3.8, 4) is 22.5 Å². The molecule has 2 heterocycles. The molecular weight excluding hydrogens is 432 g/mol. The number of tetrazole rings is 1. The molecule has 0 atom stereocenters. The first kappa shape index (κ1) is 23.3. The smallest absolute Gasteiger partial charge is 0.354 e. The number of methoxy groups -OCH3 is 1. The van der Waals surface area contributed by atoms with Gasteiger partial charge >= 0.3 is 5.97 Å². The number of ether oxygens (including phenoxy) is 1. The third kappa shape index (κ3) is 4.47. The molecule has 2 N–H and O–H groups in total. The van der Waals surface area contributed by atoms with Crippen molar-refractivity contribution in [1.82, 2.24) is 30.2 Å². The molecule has 0 radical (unpaired) electrons. The number of aryl methyl sites for hydroxylation is 1. The molecule has 0 bridgehead atoms. The predicted molar refractivity (Wildman–Crippen MR) is 127 cm³/mol. The van der Waals surface area contributed by atoms with Crippen LogP contribution in [0.2, 0.25) is 0 Å². The van der Waals surface area contributed by atoms with Gasteiger partial charge in [0.1, 0.15) is 17.1 Å². The Hall–Kier alpha value is -3.85. The average molecular weight is 461 g/mol. The quantitative estimate of drug-likeness (QED) is 0.382. The largest absolute Gasteiger partial charge is 0.477 e. The molecule has 0 aliphatic heterocycles. The van der Waals surface area contributed by atoms with Gasteiger partial charge in [-0.15, -0.1) is 10.2 Å². The third-order valence-corrected chi connectivity index (χ3v) is 5.92. The summed E-state index contributed by atoms with van der Waals surface area (Å²) >= 11 is 0. The van der Waals surface area contributed by atoms with E-state index in [2.05, 4.69) is 27.5 Å². The van der Waals surface area contributed by atoms with Crippen molar-refractivity contribution in [3.05, 3.63) is 71.3 Å². The van der Waals surface area contributed by atoms with Gasteiger partial charge in [0.25, 0.3) is 0 Å². The van der Waals surface area contributed by atoms with Crippen LogP contribution in [0.1, 0.15) is 54.8 Å². The number of carboxylic acid groups (broad SMARTS) is 1.